The second-order valence-corrected chi connectivity index (χ2v) is 9.97. The third kappa shape index (κ3) is 4.32. The molecule has 0 bridgehead atoms. The standard InChI is InChI=1S/C22H24N4S3/c1-5-10-26-20(19-13-27-16(4)15(19)3)24-25-22(26)29-12-18-11-28-21(23-18)17-8-6-14(2)7-9-17/h6-9,11,13H,5,10,12H2,1-4H3. The third-order valence-electron chi connectivity index (χ3n) is 4.89. The van der Waals surface area contributed by atoms with Gasteiger partial charge in [0.1, 0.15) is 5.01 Å². The van der Waals surface area contributed by atoms with Gasteiger partial charge in [-0.25, -0.2) is 4.98 Å². The van der Waals surface area contributed by atoms with Crippen molar-refractivity contribution >= 4 is 34.4 Å². The van der Waals surface area contributed by atoms with Gasteiger partial charge in [0.2, 0.25) is 0 Å². The summed E-state index contributed by atoms with van der Waals surface area (Å²) in [6, 6.07) is 8.54. The molecule has 0 aliphatic carbocycles. The molecular formula is C22H24N4S3. The third-order valence-corrected chi connectivity index (χ3v) is 7.84. The van der Waals surface area contributed by atoms with Crippen LogP contribution in [0.4, 0.5) is 0 Å². The van der Waals surface area contributed by atoms with Gasteiger partial charge < -0.3 is 4.57 Å². The van der Waals surface area contributed by atoms with Gasteiger partial charge in [-0.05, 0) is 32.8 Å². The fourth-order valence-electron chi connectivity index (χ4n) is 3.09. The molecule has 0 atom stereocenters. The molecule has 0 spiro atoms. The van der Waals surface area contributed by atoms with E-state index in [1.165, 1.54) is 27.1 Å². The number of thioether (sulfide) groups is 1. The Morgan fingerprint density at radius 2 is 1.79 bits per heavy atom. The predicted molar refractivity (Wildman–Crippen MR) is 125 cm³/mol. The van der Waals surface area contributed by atoms with Gasteiger partial charge in [-0.3, -0.25) is 0 Å². The number of thiazole rings is 1. The van der Waals surface area contributed by atoms with Crippen LogP contribution in [0.2, 0.25) is 0 Å². The van der Waals surface area contributed by atoms with Crippen molar-refractivity contribution in [1.29, 1.82) is 0 Å². The van der Waals surface area contributed by atoms with Gasteiger partial charge in [-0.15, -0.1) is 32.9 Å². The summed E-state index contributed by atoms with van der Waals surface area (Å²) in [6.07, 6.45) is 1.05. The predicted octanol–water partition coefficient (Wildman–Crippen LogP) is 6.76. The minimum Gasteiger partial charge on any atom is -0.302 e. The Kier molecular flexibility index (Phi) is 6.18. The minimum atomic E-state index is 0.797. The van der Waals surface area contributed by atoms with Crippen LogP contribution in [0.3, 0.4) is 0 Å². The zero-order valence-electron chi connectivity index (χ0n) is 17.1. The first-order valence-corrected chi connectivity index (χ1v) is 12.4. The monoisotopic (exact) mass is 440 g/mol. The normalized spacial score (nSPS) is 11.3. The molecule has 0 unspecified atom stereocenters. The average Bonchev–Trinajstić information content (AvgIpc) is 3.42. The van der Waals surface area contributed by atoms with Crippen molar-refractivity contribution in [2.75, 3.05) is 0 Å². The van der Waals surface area contributed by atoms with Crippen LogP contribution in [0.5, 0.6) is 0 Å². The molecule has 4 nitrogen and oxygen atoms in total. The fourth-order valence-corrected chi connectivity index (χ4v) is 5.75. The number of thiophene rings is 1. The van der Waals surface area contributed by atoms with E-state index in [0.717, 1.165) is 40.4 Å². The van der Waals surface area contributed by atoms with Gasteiger partial charge in [-0.1, -0.05) is 48.5 Å². The molecule has 3 heterocycles. The number of hydrogen-bond donors (Lipinski definition) is 0. The van der Waals surface area contributed by atoms with Crippen LogP contribution in [-0.4, -0.2) is 19.7 Å². The van der Waals surface area contributed by atoms with E-state index >= 15 is 0 Å². The van der Waals surface area contributed by atoms with Crippen LogP contribution in [0.15, 0.2) is 40.2 Å². The van der Waals surface area contributed by atoms with E-state index in [-0.39, 0.29) is 0 Å². The lowest BCUT2D eigenvalue weighted by atomic mass is 10.1. The van der Waals surface area contributed by atoms with E-state index in [1.807, 2.05) is 0 Å². The first-order valence-electron chi connectivity index (χ1n) is 9.69. The van der Waals surface area contributed by atoms with Crippen molar-refractivity contribution in [2.24, 2.45) is 0 Å². The fraction of sp³-hybridized carbons (Fsp3) is 0.318. The summed E-state index contributed by atoms with van der Waals surface area (Å²) < 4.78 is 2.26. The van der Waals surface area contributed by atoms with E-state index in [2.05, 4.69) is 77.5 Å². The van der Waals surface area contributed by atoms with Crippen LogP contribution >= 0.6 is 34.4 Å². The second kappa shape index (κ2) is 8.81. The number of aryl methyl sites for hydroxylation is 2. The number of hydrogen-bond acceptors (Lipinski definition) is 6. The molecule has 3 aromatic heterocycles. The van der Waals surface area contributed by atoms with Gasteiger partial charge in [0.05, 0.1) is 5.69 Å². The first-order chi connectivity index (χ1) is 14.1. The van der Waals surface area contributed by atoms with Crippen LogP contribution in [-0.2, 0) is 12.3 Å². The summed E-state index contributed by atoms with van der Waals surface area (Å²) in [5.41, 5.74) is 6.04. The summed E-state index contributed by atoms with van der Waals surface area (Å²) in [5.74, 6) is 1.78. The van der Waals surface area contributed by atoms with Gasteiger partial charge in [0.25, 0.3) is 0 Å². The molecule has 0 radical (unpaired) electrons. The lowest BCUT2D eigenvalue weighted by Crippen LogP contribution is -2.02. The molecule has 29 heavy (non-hydrogen) atoms. The van der Waals surface area contributed by atoms with E-state index in [1.54, 1.807) is 34.4 Å². The zero-order valence-corrected chi connectivity index (χ0v) is 19.5. The maximum Gasteiger partial charge on any atom is 0.191 e. The lowest BCUT2D eigenvalue weighted by molar-refractivity contribution is 0.626. The second-order valence-electron chi connectivity index (χ2n) is 7.09. The van der Waals surface area contributed by atoms with Crippen molar-refractivity contribution in [2.45, 2.75) is 51.6 Å². The highest BCUT2D eigenvalue weighted by molar-refractivity contribution is 7.98. The highest BCUT2D eigenvalue weighted by Gasteiger charge is 2.18. The van der Waals surface area contributed by atoms with Crippen molar-refractivity contribution in [1.82, 2.24) is 19.7 Å². The van der Waals surface area contributed by atoms with E-state index in [4.69, 9.17) is 4.98 Å². The highest BCUT2D eigenvalue weighted by Crippen LogP contribution is 2.33. The van der Waals surface area contributed by atoms with E-state index in [0.29, 0.717) is 0 Å². The summed E-state index contributed by atoms with van der Waals surface area (Å²) in [5, 5.41) is 15.4. The summed E-state index contributed by atoms with van der Waals surface area (Å²) in [6.45, 7) is 9.55. The highest BCUT2D eigenvalue weighted by atomic mass is 32.2. The quantitative estimate of drug-likeness (QED) is 0.298. The van der Waals surface area contributed by atoms with E-state index in [9.17, 15) is 0 Å². The molecule has 0 N–H and O–H groups in total. The molecule has 0 fully saturated rings. The van der Waals surface area contributed by atoms with Crippen molar-refractivity contribution < 1.29 is 0 Å². The van der Waals surface area contributed by atoms with Crippen LogP contribution in [0, 0.1) is 20.8 Å². The largest absolute Gasteiger partial charge is 0.302 e. The summed E-state index contributed by atoms with van der Waals surface area (Å²) >= 11 is 5.19. The Balaban J connectivity index is 1.53. The molecule has 0 amide bonds. The van der Waals surface area contributed by atoms with Gasteiger partial charge in [-0.2, -0.15) is 0 Å². The maximum absolute atomic E-state index is 4.83. The Bertz CT molecular complexity index is 1110. The minimum absolute atomic E-state index is 0.797. The SMILES string of the molecule is CCCn1c(SCc2csc(-c3ccc(C)cc3)n2)nnc1-c1csc(C)c1C. The maximum atomic E-state index is 4.83. The number of aromatic nitrogens is 4. The molecule has 0 saturated carbocycles. The van der Waals surface area contributed by atoms with E-state index < -0.39 is 0 Å². The zero-order chi connectivity index (χ0) is 20.4. The number of benzene rings is 1. The summed E-state index contributed by atoms with van der Waals surface area (Å²) in [4.78, 5) is 6.16. The molecule has 1 aromatic carbocycles. The summed E-state index contributed by atoms with van der Waals surface area (Å²) in [7, 11) is 0. The molecule has 0 aliphatic rings. The van der Waals surface area contributed by atoms with Crippen molar-refractivity contribution in [3.05, 3.63) is 56.7 Å². The van der Waals surface area contributed by atoms with Crippen molar-refractivity contribution in [3.63, 3.8) is 0 Å². The van der Waals surface area contributed by atoms with Gasteiger partial charge in [0.15, 0.2) is 11.0 Å². The Morgan fingerprint density at radius 3 is 2.48 bits per heavy atom. The Labute approximate surface area is 184 Å². The molecule has 150 valence electrons. The van der Waals surface area contributed by atoms with Crippen LogP contribution in [0.1, 0.15) is 35.0 Å². The Morgan fingerprint density at radius 1 is 1.00 bits per heavy atom. The number of nitrogens with zero attached hydrogens (tertiary/aromatic N) is 4. The molecule has 4 rings (SSSR count). The smallest absolute Gasteiger partial charge is 0.191 e. The molecule has 4 aromatic rings. The van der Waals surface area contributed by atoms with Crippen LogP contribution < -0.4 is 0 Å². The van der Waals surface area contributed by atoms with Crippen molar-refractivity contribution in [3.8, 4) is 22.0 Å². The molecule has 0 saturated heterocycles. The topological polar surface area (TPSA) is 43.6 Å². The first kappa shape index (κ1) is 20.3. The van der Waals surface area contributed by atoms with Crippen LogP contribution in [0.25, 0.3) is 22.0 Å². The number of rotatable bonds is 7. The Hall–Kier alpha value is -1.96. The lowest BCUT2D eigenvalue weighted by Gasteiger charge is -2.08. The molecule has 7 heteroatoms. The molecule has 0 aliphatic heterocycles. The average molecular weight is 441 g/mol. The van der Waals surface area contributed by atoms with Gasteiger partial charge >= 0.3 is 0 Å². The molecular weight excluding hydrogens is 416 g/mol. The van der Waals surface area contributed by atoms with Gasteiger partial charge in [0, 0.05) is 39.1 Å².